The lowest BCUT2D eigenvalue weighted by Crippen LogP contribution is -2.30. The maximum atomic E-state index is 9.99. The van der Waals surface area contributed by atoms with Crippen molar-refractivity contribution in [2.75, 3.05) is 6.67 Å². The van der Waals surface area contributed by atoms with Gasteiger partial charge >= 0.3 is 5.97 Å². The van der Waals surface area contributed by atoms with Crippen LogP contribution in [0.2, 0.25) is 0 Å². The summed E-state index contributed by atoms with van der Waals surface area (Å²) in [6.07, 6.45) is -0.810. The second kappa shape index (κ2) is 1.87. The summed E-state index contributed by atoms with van der Waals surface area (Å²) in [7, 11) is 0. The van der Waals surface area contributed by atoms with Crippen molar-refractivity contribution in [1.82, 2.24) is 5.32 Å². The van der Waals surface area contributed by atoms with Crippen molar-refractivity contribution in [2.24, 2.45) is 10.2 Å². The Morgan fingerprint density at radius 2 is 2.62 bits per heavy atom. The highest BCUT2D eigenvalue weighted by Gasteiger charge is 2.17. The van der Waals surface area contributed by atoms with Gasteiger partial charge in [0.2, 0.25) is 6.17 Å². The molecule has 0 spiro atoms. The molecule has 0 aromatic heterocycles. The molecule has 0 amide bonds. The fourth-order valence-corrected chi connectivity index (χ4v) is 0.427. The van der Waals surface area contributed by atoms with E-state index in [1.54, 1.807) is 0 Å². The van der Waals surface area contributed by atoms with Crippen LogP contribution in [0.5, 0.6) is 0 Å². The first kappa shape index (κ1) is 5.17. The monoisotopic (exact) mass is 115 g/mol. The smallest absolute Gasteiger partial charge is 0.345 e. The third-order valence-corrected chi connectivity index (χ3v) is 0.786. The Morgan fingerprint density at radius 3 is 2.88 bits per heavy atom. The van der Waals surface area contributed by atoms with Gasteiger partial charge in [-0.25, -0.2) is 4.79 Å². The lowest BCUT2D eigenvalue weighted by molar-refractivity contribution is -0.138. The first-order valence-electron chi connectivity index (χ1n) is 2.13. The molecule has 5 heteroatoms. The minimum Gasteiger partial charge on any atom is -0.479 e. The van der Waals surface area contributed by atoms with Crippen LogP contribution in [-0.2, 0) is 4.79 Å². The van der Waals surface area contributed by atoms with Gasteiger partial charge in [-0.2, -0.15) is 10.2 Å². The van der Waals surface area contributed by atoms with E-state index in [2.05, 4.69) is 15.5 Å². The largest absolute Gasteiger partial charge is 0.479 e. The normalized spacial score (nSPS) is 26.2. The summed E-state index contributed by atoms with van der Waals surface area (Å²) in [5.74, 6) is -0.980. The summed E-state index contributed by atoms with van der Waals surface area (Å²) in [5.41, 5.74) is 0. The number of hydrogen-bond acceptors (Lipinski definition) is 4. The molecule has 0 aromatic rings. The molecule has 2 N–H and O–H groups in total. The highest BCUT2D eigenvalue weighted by molar-refractivity contribution is 5.73. The second-order valence-electron chi connectivity index (χ2n) is 1.36. The fourth-order valence-electron chi connectivity index (χ4n) is 0.427. The topological polar surface area (TPSA) is 74.0 Å². The Balaban J connectivity index is 2.48. The molecule has 0 saturated heterocycles. The summed E-state index contributed by atoms with van der Waals surface area (Å²) in [6.45, 7) is 0.316. The van der Waals surface area contributed by atoms with Crippen molar-refractivity contribution in [3.05, 3.63) is 0 Å². The van der Waals surface area contributed by atoms with Crippen molar-refractivity contribution in [3.8, 4) is 0 Å². The number of hydrogen-bond donors (Lipinski definition) is 2. The van der Waals surface area contributed by atoms with E-state index in [1.165, 1.54) is 0 Å². The first-order valence-corrected chi connectivity index (χ1v) is 2.13. The zero-order chi connectivity index (χ0) is 5.98. The summed E-state index contributed by atoms with van der Waals surface area (Å²) in [6, 6.07) is 0. The molecular formula is C3H5N3O2. The van der Waals surface area contributed by atoms with Gasteiger partial charge in [-0.05, 0) is 0 Å². The van der Waals surface area contributed by atoms with E-state index in [-0.39, 0.29) is 0 Å². The van der Waals surface area contributed by atoms with Gasteiger partial charge in [0.25, 0.3) is 0 Å². The predicted molar refractivity (Wildman–Crippen MR) is 24.3 cm³/mol. The molecule has 1 aliphatic heterocycles. The van der Waals surface area contributed by atoms with Gasteiger partial charge in [0.15, 0.2) is 0 Å². The molecule has 0 fully saturated rings. The highest BCUT2D eigenvalue weighted by Crippen LogP contribution is 1.93. The number of carboxylic acid groups (broad SMARTS) is 1. The van der Waals surface area contributed by atoms with E-state index in [1.807, 2.05) is 0 Å². The van der Waals surface area contributed by atoms with Gasteiger partial charge in [-0.1, -0.05) is 0 Å². The van der Waals surface area contributed by atoms with E-state index in [9.17, 15) is 4.79 Å². The zero-order valence-corrected chi connectivity index (χ0v) is 4.03. The Bertz CT molecular complexity index is 132. The molecule has 1 aliphatic rings. The summed E-state index contributed by atoms with van der Waals surface area (Å²) in [4.78, 5) is 9.99. The van der Waals surface area contributed by atoms with Crippen molar-refractivity contribution < 1.29 is 9.90 Å². The Kier molecular flexibility index (Phi) is 1.21. The Hall–Kier alpha value is -0.970. The Labute approximate surface area is 45.4 Å². The van der Waals surface area contributed by atoms with Crippen LogP contribution >= 0.6 is 0 Å². The lowest BCUT2D eigenvalue weighted by Gasteiger charge is -1.94. The molecule has 0 bridgehead atoms. The van der Waals surface area contributed by atoms with Gasteiger partial charge in [0.05, 0.1) is 0 Å². The van der Waals surface area contributed by atoms with Crippen molar-refractivity contribution in [2.45, 2.75) is 6.17 Å². The number of carboxylic acids is 1. The van der Waals surface area contributed by atoms with Gasteiger partial charge in [0, 0.05) is 0 Å². The van der Waals surface area contributed by atoms with Crippen molar-refractivity contribution >= 4 is 5.97 Å². The van der Waals surface area contributed by atoms with Crippen LogP contribution in [-0.4, -0.2) is 23.9 Å². The molecule has 1 heterocycles. The molecule has 1 rings (SSSR count). The predicted octanol–water partition coefficient (Wildman–Crippen LogP) is -0.590. The molecule has 0 aliphatic carbocycles. The first-order chi connectivity index (χ1) is 3.80. The van der Waals surface area contributed by atoms with E-state index < -0.39 is 12.1 Å². The number of aliphatic carboxylic acids is 1. The minimum atomic E-state index is -0.980. The minimum absolute atomic E-state index is 0.316. The molecule has 8 heavy (non-hydrogen) atoms. The zero-order valence-electron chi connectivity index (χ0n) is 4.03. The van der Waals surface area contributed by atoms with Crippen LogP contribution < -0.4 is 5.32 Å². The van der Waals surface area contributed by atoms with Crippen LogP contribution in [0.15, 0.2) is 10.2 Å². The molecule has 1 unspecified atom stereocenters. The van der Waals surface area contributed by atoms with Gasteiger partial charge < -0.3 is 5.11 Å². The summed E-state index contributed by atoms with van der Waals surface area (Å²) in [5, 5.41) is 17.5. The van der Waals surface area contributed by atoms with E-state index in [4.69, 9.17) is 5.11 Å². The van der Waals surface area contributed by atoms with Crippen LogP contribution in [0.25, 0.3) is 0 Å². The quantitative estimate of drug-likeness (QED) is 0.479. The van der Waals surface area contributed by atoms with Crippen LogP contribution in [0, 0.1) is 0 Å². The molecule has 44 valence electrons. The summed E-state index contributed by atoms with van der Waals surface area (Å²) >= 11 is 0. The van der Waals surface area contributed by atoms with Gasteiger partial charge in [0.1, 0.15) is 6.67 Å². The molecular weight excluding hydrogens is 110 g/mol. The highest BCUT2D eigenvalue weighted by atomic mass is 16.4. The SMILES string of the molecule is O=C(O)C1N=NCN1. The van der Waals surface area contributed by atoms with Crippen molar-refractivity contribution in [3.63, 3.8) is 0 Å². The van der Waals surface area contributed by atoms with E-state index >= 15 is 0 Å². The number of carbonyl (C=O) groups is 1. The van der Waals surface area contributed by atoms with Crippen LogP contribution in [0.3, 0.4) is 0 Å². The second-order valence-corrected chi connectivity index (χ2v) is 1.36. The standard InChI is InChI=1S/C3H5N3O2/c7-3(8)2-4-1-5-6-2/h2,4H,1H2,(H,7,8). The van der Waals surface area contributed by atoms with Crippen molar-refractivity contribution in [1.29, 1.82) is 0 Å². The molecule has 1 atom stereocenters. The molecule has 0 saturated carbocycles. The number of nitrogens with one attached hydrogen (secondary N) is 1. The number of azo groups is 1. The fraction of sp³-hybridized carbons (Fsp3) is 0.667. The van der Waals surface area contributed by atoms with Gasteiger partial charge in [-0.3, -0.25) is 5.32 Å². The average molecular weight is 115 g/mol. The van der Waals surface area contributed by atoms with Gasteiger partial charge in [-0.15, -0.1) is 0 Å². The lowest BCUT2D eigenvalue weighted by atomic mass is 10.5. The number of nitrogens with zero attached hydrogens (tertiary/aromatic N) is 2. The van der Waals surface area contributed by atoms with E-state index in [0.717, 1.165) is 0 Å². The average Bonchev–Trinajstić information content (AvgIpc) is 2.12. The third kappa shape index (κ3) is 0.812. The molecule has 5 nitrogen and oxygen atoms in total. The van der Waals surface area contributed by atoms with Crippen LogP contribution in [0.4, 0.5) is 0 Å². The summed E-state index contributed by atoms with van der Waals surface area (Å²) < 4.78 is 0. The number of rotatable bonds is 1. The molecule has 0 radical (unpaired) electrons. The Morgan fingerprint density at radius 1 is 1.88 bits per heavy atom. The van der Waals surface area contributed by atoms with Crippen LogP contribution in [0.1, 0.15) is 0 Å². The third-order valence-electron chi connectivity index (χ3n) is 0.786. The molecule has 0 aromatic carbocycles. The maximum Gasteiger partial charge on any atom is 0.345 e. The maximum absolute atomic E-state index is 9.99. The van der Waals surface area contributed by atoms with E-state index in [0.29, 0.717) is 6.67 Å².